The second kappa shape index (κ2) is 2.99. The lowest BCUT2D eigenvalue weighted by Gasteiger charge is -2.24. The standard InChI is InChI=1S/C10H12N2O2/c1-11-8-6-4-3-5-7(8)9(10(13)14)12(11)2/h3-6,9H,1-2H3,(H,13,14). The van der Waals surface area contributed by atoms with Crippen molar-refractivity contribution in [3.05, 3.63) is 29.8 Å². The van der Waals surface area contributed by atoms with Crippen molar-refractivity contribution in [1.29, 1.82) is 0 Å². The minimum absolute atomic E-state index is 0.559. The largest absolute Gasteiger partial charge is 0.480 e. The molecule has 1 aliphatic heterocycles. The predicted octanol–water partition coefficient (Wildman–Crippen LogP) is 1.11. The molecule has 0 aliphatic carbocycles. The Balaban J connectivity index is 2.53. The molecular weight excluding hydrogens is 180 g/mol. The number of fused-ring (bicyclic) bond motifs is 1. The van der Waals surface area contributed by atoms with Crippen molar-refractivity contribution in [3.63, 3.8) is 0 Å². The highest BCUT2D eigenvalue weighted by molar-refractivity contribution is 5.81. The molecule has 0 saturated heterocycles. The van der Waals surface area contributed by atoms with E-state index in [1.165, 1.54) is 0 Å². The van der Waals surface area contributed by atoms with E-state index in [2.05, 4.69) is 0 Å². The van der Waals surface area contributed by atoms with Crippen LogP contribution < -0.4 is 5.01 Å². The molecule has 0 saturated carbocycles. The Hall–Kier alpha value is -1.55. The van der Waals surface area contributed by atoms with E-state index in [-0.39, 0.29) is 0 Å². The maximum atomic E-state index is 11.1. The topological polar surface area (TPSA) is 43.8 Å². The zero-order valence-corrected chi connectivity index (χ0v) is 8.14. The van der Waals surface area contributed by atoms with Gasteiger partial charge in [0.05, 0.1) is 5.69 Å². The molecule has 1 heterocycles. The number of aliphatic carboxylic acids is 1. The zero-order chi connectivity index (χ0) is 10.3. The molecule has 1 aromatic rings. The van der Waals surface area contributed by atoms with Crippen LogP contribution in [0.5, 0.6) is 0 Å². The van der Waals surface area contributed by atoms with Gasteiger partial charge in [0.15, 0.2) is 6.04 Å². The number of carbonyl (C=O) groups is 1. The average molecular weight is 192 g/mol. The molecule has 1 aliphatic rings. The molecule has 4 heteroatoms. The smallest absolute Gasteiger partial charge is 0.327 e. The molecule has 0 radical (unpaired) electrons. The molecule has 4 nitrogen and oxygen atoms in total. The third kappa shape index (κ3) is 1.08. The van der Waals surface area contributed by atoms with E-state index < -0.39 is 12.0 Å². The molecule has 2 rings (SSSR count). The molecular formula is C10H12N2O2. The summed E-state index contributed by atoms with van der Waals surface area (Å²) in [4.78, 5) is 11.1. The SMILES string of the molecule is CN1c2ccccc2C(C(=O)O)N1C. The number of hydrazine groups is 1. The molecule has 0 bridgehead atoms. The number of hydrogen-bond acceptors (Lipinski definition) is 3. The second-order valence-corrected chi connectivity index (χ2v) is 3.40. The van der Waals surface area contributed by atoms with Crippen molar-refractivity contribution in [2.75, 3.05) is 19.1 Å². The van der Waals surface area contributed by atoms with Gasteiger partial charge in [-0.2, -0.15) is 0 Å². The molecule has 1 unspecified atom stereocenters. The van der Waals surface area contributed by atoms with Crippen LogP contribution in [-0.2, 0) is 4.79 Å². The van der Waals surface area contributed by atoms with Crippen molar-refractivity contribution in [3.8, 4) is 0 Å². The van der Waals surface area contributed by atoms with E-state index >= 15 is 0 Å². The Bertz CT molecular complexity index is 378. The maximum Gasteiger partial charge on any atom is 0.327 e. The first kappa shape index (κ1) is 9.02. The predicted molar refractivity (Wildman–Crippen MR) is 53.0 cm³/mol. The number of carboxylic acid groups (broad SMARTS) is 1. The van der Waals surface area contributed by atoms with Crippen molar-refractivity contribution in [2.45, 2.75) is 6.04 Å². The van der Waals surface area contributed by atoms with Crippen LogP contribution >= 0.6 is 0 Å². The highest BCUT2D eigenvalue weighted by atomic mass is 16.4. The maximum absolute atomic E-state index is 11.1. The Morgan fingerprint density at radius 1 is 1.36 bits per heavy atom. The van der Waals surface area contributed by atoms with Gasteiger partial charge in [0, 0.05) is 19.7 Å². The quantitative estimate of drug-likeness (QED) is 0.723. The number of rotatable bonds is 1. The summed E-state index contributed by atoms with van der Waals surface area (Å²) in [6.07, 6.45) is 0. The summed E-state index contributed by atoms with van der Waals surface area (Å²) in [5.41, 5.74) is 1.81. The van der Waals surface area contributed by atoms with Crippen molar-refractivity contribution >= 4 is 11.7 Å². The summed E-state index contributed by atoms with van der Waals surface area (Å²) in [6.45, 7) is 0. The summed E-state index contributed by atoms with van der Waals surface area (Å²) < 4.78 is 0. The molecule has 0 aromatic heterocycles. The third-order valence-electron chi connectivity index (χ3n) is 2.66. The summed E-state index contributed by atoms with van der Waals surface area (Å²) in [6, 6.07) is 6.99. The zero-order valence-electron chi connectivity index (χ0n) is 8.14. The Morgan fingerprint density at radius 3 is 2.64 bits per heavy atom. The molecule has 1 N–H and O–H groups in total. The highest BCUT2D eigenvalue weighted by Crippen LogP contribution is 2.37. The van der Waals surface area contributed by atoms with Gasteiger partial charge in [-0.1, -0.05) is 18.2 Å². The molecule has 0 amide bonds. The number of benzene rings is 1. The van der Waals surface area contributed by atoms with Crippen LogP contribution in [0, 0.1) is 0 Å². The lowest BCUT2D eigenvalue weighted by Crippen LogP contribution is -2.36. The minimum Gasteiger partial charge on any atom is -0.480 e. The average Bonchev–Trinajstić information content (AvgIpc) is 2.41. The van der Waals surface area contributed by atoms with E-state index in [0.29, 0.717) is 0 Å². The third-order valence-corrected chi connectivity index (χ3v) is 2.66. The lowest BCUT2D eigenvalue weighted by molar-refractivity contribution is -0.142. The highest BCUT2D eigenvalue weighted by Gasteiger charge is 2.36. The summed E-state index contributed by atoms with van der Waals surface area (Å²) in [7, 11) is 3.64. The van der Waals surface area contributed by atoms with Crippen LogP contribution in [0.25, 0.3) is 0 Å². The summed E-state index contributed by atoms with van der Waals surface area (Å²) in [5, 5.41) is 12.7. The van der Waals surface area contributed by atoms with E-state index in [1.807, 2.05) is 36.3 Å². The van der Waals surface area contributed by atoms with Gasteiger partial charge in [0.2, 0.25) is 0 Å². The molecule has 74 valence electrons. The number of hydrogen-bond donors (Lipinski definition) is 1. The van der Waals surface area contributed by atoms with E-state index in [0.717, 1.165) is 11.3 Å². The Labute approximate surface area is 82.3 Å². The van der Waals surface area contributed by atoms with Gasteiger partial charge in [-0.3, -0.25) is 4.79 Å². The van der Waals surface area contributed by atoms with Crippen LogP contribution in [0.4, 0.5) is 5.69 Å². The van der Waals surface area contributed by atoms with E-state index in [9.17, 15) is 4.79 Å². The first-order valence-corrected chi connectivity index (χ1v) is 4.41. The molecule has 0 spiro atoms. The van der Waals surface area contributed by atoms with Gasteiger partial charge >= 0.3 is 5.97 Å². The number of carboxylic acids is 1. The molecule has 1 atom stereocenters. The minimum atomic E-state index is -0.815. The fraction of sp³-hybridized carbons (Fsp3) is 0.300. The van der Waals surface area contributed by atoms with Crippen LogP contribution in [-0.4, -0.2) is 30.2 Å². The van der Waals surface area contributed by atoms with Gasteiger partial charge in [0.25, 0.3) is 0 Å². The van der Waals surface area contributed by atoms with Crippen molar-refractivity contribution in [2.24, 2.45) is 0 Å². The first-order valence-electron chi connectivity index (χ1n) is 4.41. The van der Waals surface area contributed by atoms with Crippen molar-refractivity contribution < 1.29 is 9.90 Å². The fourth-order valence-electron chi connectivity index (χ4n) is 1.85. The number of nitrogens with zero attached hydrogens (tertiary/aromatic N) is 2. The van der Waals surface area contributed by atoms with Gasteiger partial charge in [-0.15, -0.1) is 0 Å². The monoisotopic (exact) mass is 192 g/mol. The summed E-state index contributed by atoms with van der Waals surface area (Å²) >= 11 is 0. The van der Waals surface area contributed by atoms with Crippen LogP contribution in [0.3, 0.4) is 0 Å². The number of anilines is 1. The first-order chi connectivity index (χ1) is 6.63. The normalized spacial score (nSPS) is 21.0. The van der Waals surface area contributed by atoms with Gasteiger partial charge in [0.1, 0.15) is 0 Å². The van der Waals surface area contributed by atoms with Gasteiger partial charge in [-0.25, -0.2) is 5.01 Å². The second-order valence-electron chi connectivity index (χ2n) is 3.40. The number of para-hydroxylation sites is 1. The van der Waals surface area contributed by atoms with E-state index in [4.69, 9.17) is 5.11 Å². The van der Waals surface area contributed by atoms with Gasteiger partial charge in [-0.05, 0) is 6.07 Å². The van der Waals surface area contributed by atoms with Gasteiger partial charge < -0.3 is 10.1 Å². The number of likely N-dealkylation sites (N-methyl/N-ethyl adjacent to an activating group) is 1. The van der Waals surface area contributed by atoms with E-state index in [1.54, 1.807) is 12.1 Å². The Morgan fingerprint density at radius 2 is 2.00 bits per heavy atom. The van der Waals surface area contributed by atoms with Crippen LogP contribution in [0.15, 0.2) is 24.3 Å². The molecule has 0 fully saturated rings. The van der Waals surface area contributed by atoms with Crippen molar-refractivity contribution in [1.82, 2.24) is 5.01 Å². The summed E-state index contributed by atoms with van der Waals surface area (Å²) in [5.74, 6) is -0.815. The molecule has 1 aromatic carbocycles. The van der Waals surface area contributed by atoms with Crippen LogP contribution in [0.1, 0.15) is 11.6 Å². The van der Waals surface area contributed by atoms with Crippen LogP contribution in [0.2, 0.25) is 0 Å². The lowest BCUT2D eigenvalue weighted by atomic mass is 10.1. The Kier molecular flexibility index (Phi) is 1.93. The fourth-order valence-corrected chi connectivity index (χ4v) is 1.85. The molecule has 14 heavy (non-hydrogen) atoms.